The van der Waals surface area contributed by atoms with Crippen LogP contribution >= 0.6 is 15.9 Å². The number of ether oxygens (including phenoxy) is 2. The number of allylic oxidation sites excluding steroid dienone is 1. The topological polar surface area (TPSA) is 125 Å². The van der Waals surface area contributed by atoms with Crippen LogP contribution in [0.3, 0.4) is 0 Å². The first-order valence-electron chi connectivity index (χ1n) is 13.9. The van der Waals surface area contributed by atoms with Crippen molar-refractivity contribution in [3.63, 3.8) is 0 Å². The fourth-order valence-electron chi connectivity index (χ4n) is 6.03. The molecule has 0 saturated carbocycles. The van der Waals surface area contributed by atoms with Crippen molar-refractivity contribution in [1.82, 2.24) is 15.1 Å². The van der Waals surface area contributed by atoms with Gasteiger partial charge in [0.15, 0.2) is 0 Å². The summed E-state index contributed by atoms with van der Waals surface area (Å²) in [5.41, 5.74) is -1.18. The molecule has 3 rings (SSSR count). The van der Waals surface area contributed by atoms with E-state index in [4.69, 9.17) is 9.47 Å². The number of aliphatic hydroxyl groups is 1. The van der Waals surface area contributed by atoms with Gasteiger partial charge in [-0.2, -0.15) is 0 Å². The van der Waals surface area contributed by atoms with Gasteiger partial charge >= 0.3 is 5.97 Å². The minimum Gasteiger partial charge on any atom is -0.460 e. The number of fused-ring (bicyclic) bond motifs is 1. The number of halogens is 1. The molecule has 218 valence electrons. The maximum atomic E-state index is 14.0. The highest BCUT2D eigenvalue weighted by atomic mass is 79.9. The number of carbonyl (C=O) groups excluding carboxylic acids is 4. The summed E-state index contributed by atoms with van der Waals surface area (Å²) in [5, 5.41) is 12.2. The van der Waals surface area contributed by atoms with Gasteiger partial charge in [-0.05, 0) is 32.6 Å². The number of nitrogens with zero attached hydrogens (tertiary/aromatic N) is 2. The fourth-order valence-corrected chi connectivity index (χ4v) is 6.97. The van der Waals surface area contributed by atoms with Crippen LogP contribution in [-0.2, 0) is 28.7 Å². The molecule has 1 unspecified atom stereocenters. The predicted octanol–water partition coefficient (Wildman–Crippen LogP) is 1.95. The molecular weight excluding hydrogens is 570 g/mol. The van der Waals surface area contributed by atoms with E-state index in [0.29, 0.717) is 38.8 Å². The first-order chi connectivity index (χ1) is 18.7. The van der Waals surface area contributed by atoms with Gasteiger partial charge in [-0.1, -0.05) is 41.4 Å². The van der Waals surface area contributed by atoms with Crippen molar-refractivity contribution < 1.29 is 33.8 Å². The summed E-state index contributed by atoms with van der Waals surface area (Å²) in [5.74, 6) is -3.08. The van der Waals surface area contributed by atoms with Crippen LogP contribution in [-0.4, -0.2) is 100 Å². The molecule has 3 aliphatic heterocycles. The van der Waals surface area contributed by atoms with E-state index in [2.05, 4.69) is 34.4 Å². The molecule has 2 N–H and O–H groups in total. The summed E-state index contributed by atoms with van der Waals surface area (Å²) in [4.78, 5) is 56.3. The SMILES string of the molecule is C=CCCC(=O)NC[C@@H](C)OC(=O)[C@@H]1[C@H]2O[C@@]3(CC2Br)[C@H](C(=O)N(CC=C)CCCC)N(CCCO)C(=O)[C@@H]13. The number of aliphatic hydroxyl groups excluding tert-OH is 1. The molecule has 11 heteroatoms. The number of unbranched alkanes of at least 4 members (excludes halogenated alkanes) is 1. The molecule has 3 amide bonds. The third kappa shape index (κ3) is 6.41. The lowest BCUT2D eigenvalue weighted by atomic mass is 9.70. The molecule has 0 aromatic rings. The molecule has 3 fully saturated rings. The minimum atomic E-state index is -1.18. The summed E-state index contributed by atoms with van der Waals surface area (Å²) in [6, 6.07) is -0.914. The van der Waals surface area contributed by atoms with Crippen LogP contribution in [0.2, 0.25) is 0 Å². The second-order valence-electron chi connectivity index (χ2n) is 10.6. The zero-order chi connectivity index (χ0) is 28.7. The summed E-state index contributed by atoms with van der Waals surface area (Å²) in [7, 11) is 0. The van der Waals surface area contributed by atoms with E-state index in [0.717, 1.165) is 12.8 Å². The standard InChI is InChI=1S/C28H42BrN3O7/c1-5-8-11-20(34)30-17-18(4)38-27(37)21-22-25(35)32(14-10-15-33)24(28(22)16-19(29)23(21)39-28)26(36)31(12-7-3)13-9-6-2/h5,7,18-19,21-24,33H,1,3,6,8-17H2,2,4H3,(H,30,34)/t18-,19?,21+,22-,23+,24+,28-/m1/s1. The first kappa shape index (κ1) is 31.3. The molecular formula is C28H42BrN3O7. The maximum Gasteiger partial charge on any atom is 0.312 e. The Kier molecular flexibility index (Phi) is 11.1. The Morgan fingerprint density at radius 1 is 1.33 bits per heavy atom. The Bertz CT molecular complexity index is 946. The number of hydrogen-bond acceptors (Lipinski definition) is 7. The minimum absolute atomic E-state index is 0.138. The molecule has 10 nitrogen and oxygen atoms in total. The Hall–Kier alpha value is -2.24. The van der Waals surface area contributed by atoms with Gasteiger partial charge in [0.2, 0.25) is 17.7 Å². The van der Waals surface area contributed by atoms with Crippen LogP contribution in [0.4, 0.5) is 0 Å². The van der Waals surface area contributed by atoms with E-state index in [1.54, 1.807) is 24.0 Å². The number of alkyl halides is 1. The molecule has 3 aliphatic rings. The number of hydrogen-bond donors (Lipinski definition) is 2. The van der Waals surface area contributed by atoms with E-state index in [9.17, 15) is 24.3 Å². The quantitative estimate of drug-likeness (QED) is 0.155. The molecule has 0 aliphatic carbocycles. The molecule has 39 heavy (non-hydrogen) atoms. The van der Waals surface area contributed by atoms with Crippen LogP contribution in [0, 0.1) is 11.8 Å². The highest BCUT2D eigenvalue weighted by Gasteiger charge is 2.77. The van der Waals surface area contributed by atoms with Crippen LogP contribution in [0.15, 0.2) is 25.3 Å². The molecule has 3 heterocycles. The molecule has 1 spiro atoms. The first-order valence-corrected chi connectivity index (χ1v) is 14.8. The van der Waals surface area contributed by atoms with E-state index >= 15 is 0 Å². The van der Waals surface area contributed by atoms with Gasteiger partial charge < -0.3 is 29.7 Å². The Balaban J connectivity index is 1.85. The third-order valence-electron chi connectivity index (χ3n) is 7.77. The van der Waals surface area contributed by atoms with Crippen LogP contribution < -0.4 is 5.32 Å². The smallest absolute Gasteiger partial charge is 0.312 e. The molecule has 0 radical (unpaired) electrons. The average molecular weight is 613 g/mol. The monoisotopic (exact) mass is 611 g/mol. The van der Waals surface area contributed by atoms with Crippen molar-refractivity contribution in [2.24, 2.45) is 11.8 Å². The molecule has 0 aromatic heterocycles. The van der Waals surface area contributed by atoms with Gasteiger partial charge in [0, 0.05) is 37.5 Å². The van der Waals surface area contributed by atoms with Gasteiger partial charge in [0.1, 0.15) is 17.7 Å². The highest BCUT2D eigenvalue weighted by Crippen LogP contribution is 2.60. The lowest BCUT2D eigenvalue weighted by molar-refractivity contribution is -0.159. The van der Waals surface area contributed by atoms with Crippen molar-refractivity contribution in [3.8, 4) is 0 Å². The molecule has 3 saturated heterocycles. The lowest BCUT2D eigenvalue weighted by Crippen LogP contribution is -2.57. The van der Waals surface area contributed by atoms with Gasteiger partial charge in [-0.15, -0.1) is 13.2 Å². The van der Waals surface area contributed by atoms with E-state index < -0.39 is 41.7 Å². The maximum absolute atomic E-state index is 14.0. The van der Waals surface area contributed by atoms with Crippen molar-refractivity contribution in [3.05, 3.63) is 25.3 Å². The predicted molar refractivity (Wildman–Crippen MR) is 149 cm³/mol. The highest BCUT2D eigenvalue weighted by molar-refractivity contribution is 9.09. The zero-order valence-electron chi connectivity index (χ0n) is 23.0. The van der Waals surface area contributed by atoms with Crippen LogP contribution in [0.5, 0.6) is 0 Å². The largest absolute Gasteiger partial charge is 0.460 e. The van der Waals surface area contributed by atoms with E-state index in [1.807, 2.05) is 6.92 Å². The van der Waals surface area contributed by atoms with E-state index in [1.165, 1.54) is 4.90 Å². The summed E-state index contributed by atoms with van der Waals surface area (Å²) in [6.07, 6.45) is 5.32. The second-order valence-corrected chi connectivity index (χ2v) is 11.8. The van der Waals surface area contributed by atoms with Gasteiger partial charge in [0.25, 0.3) is 0 Å². The van der Waals surface area contributed by atoms with Crippen molar-refractivity contribution in [2.45, 2.75) is 81.1 Å². The number of esters is 1. The Morgan fingerprint density at radius 3 is 2.72 bits per heavy atom. The fraction of sp³-hybridized carbons (Fsp3) is 0.714. The summed E-state index contributed by atoms with van der Waals surface area (Å²) >= 11 is 3.65. The number of carbonyl (C=O) groups is 4. The lowest BCUT2D eigenvalue weighted by Gasteiger charge is -2.37. The van der Waals surface area contributed by atoms with E-state index in [-0.39, 0.29) is 42.2 Å². The summed E-state index contributed by atoms with van der Waals surface area (Å²) in [6.45, 7) is 12.1. The molecule has 0 aromatic carbocycles. The Morgan fingerprint density at radius 2 is 2.08 bits per heavy atom. The molecule has 7 atom stereocenters. The average Bonchev–Trinajstić information content (AvgIpc) is 3.50. The van der Waals surface area contributed by atoms with Crippen molar-refractivity contribution >= 4 is 39.6 Å². The summed E-state index contributed by atoms with van der Waals surface area (Å²) < 4.78 is 12.2. The second kappa shape index (κ2) is 13.9. The van der Waals surface area contributed by atoms with Crippen molar-refractivity contribution in [1.29, 1.82) is 0 Å². The zero-order valence-corrected chi connectivity index (χ0v) is 24.6. The van der Waals surface area contributed by atoms with Crippen LogP contribution in [0.25, 0.3) is 0 Å². The van der Waals surface area contributed by atoms with Gasteiger partial charge in [-0.3, -0.25) is 19.2 Å². The Labute approximate surface area is 239 Å². The van der Waals surface area contributed by atoms with Gasteiger partial charge in [0.05, 0.1) is 24.5 Å². The number of nitrogens with one attached hydrogen (secondary N) is 1. The van der Waals surface area contributed by atoms with Crippen molar-refractivity contribution in [2.75, 3.05) is 32.8 Å². The normalized spacial score (nSPS) is 29.6. The third-order valence-corrected chi connectivity index (χ3v) is 8.62. The van der Waals surface area contributed by atoms with Crippen LogP contribution in [0.1, 0.15) is 52.4 Å². The number of likely N-dealkylation sites (tertiary alicyclic amines) is 1. The molecule has 2 bridgehead atoms. The number of rotatable bonds is 16. The van der Waals surface area contributed by atoms with Gasteiger partial charge in [-0.25, -0.2) is 0 Å². The number of amides is 3.